The van der Waals surface area contributed by atoms with Gasteiger partial charge in [-0.2, -0.15) is 0 Å². The molecule has 0 spiro atoms. The quantitative estimate of drug-likeness (QED) is 0.425. The van der Waals surface area contributed by atoms with Crippen LogP contribution in [0.1, 0.15) is 66.2 Å². The second kappa shape index (κ2) is 8.87. The highest BCUT2D eigenvalue weighted by molar-refractivity contribution is 5.89. The molecule has 0 aromatic heterocycles. The summed E-state index contributed by atoms with van der Waals surface area (Å²) in [6, 6.07) is 0. The summed E-state index contributed by atoms with van der Waals surface area (Å²) in [7, 11) is 0. The molecule has 2 rings (SSSR count). The van der Waals surface area contributed by atoms with Gasteiger partial charge < -0.3 is 14.6 Å². The Hall–Kier alpha value is -1.88. The van der Waals surface area contributed by atoms with Gasteiger partial charge in [-0.25, -0.2) is 4.79 Å². The molecule has 0 saturated carbocycles. The maximum absolute atomic E-state index is 12.4. The summed E-state index contributed by atoms with van der Waals surface area (Å²) in [5.74, 6) is -1.27. The summed E-state index contributed by atoms with van der Waals surface area (Å²) in [5.41, 5.74) is 1.54. The van der Waals surface area contributed by atoms with Gasteiger partial charge in [-0.1, -0.05) is 29.9 Å². The van der Waals surface area contributed by atoms with Crippen molar-refractivity contribution in [2.24, 2.45) is 5.92 Å². The molecule has 1 saturated heterocycles. The van der Waals surface area contributed by atoms with Crippen LogP contribution in [-0.4, -0.2) is 34.9 Å². The lowest BCUT2D eigenvalue weighted by molar-refractivity contribution is -0.174. The van der Waals surface area contributed by atoms with Crippen LogP contribution in [0.2, 0.25) is 0 Å². The van der Waals surface area contributed by atoms with Gasteiger partial charge in [0.05, 0.1) is 5.60 Å². The fourth-order valence-electron chi connectivity index (χ4n) is 3.83. The minimum Gasteiger partial charge on any atom is -0.462 e. The summed E-state index contributed by atoms with van der Waals surface area (Å²) in [5, 5.41) is 11.0. The summed E-state index contributed by atoms with van der Waals surface area (Å²) >= 11 is 0. The standard InChI is InChI=1S/C22H32O5/c1-14-8-6-9-15(2)12-19(26-17(4)23)18-13-20(27-21(24)16(18)3)22(5,25)11-7-10-14/h9-10,18-20,25H,3,6-8,11-13H2,1-2,4-5H3/t18-,19?,20-,22-/m0/s1. The lowest BCUT2D eigenvalue weighted by Gasteiger charge is -2.40. The van der Waals surface area contributed by atoms with Crippen LogP contribution >= 0.6 is 0 Å². The number of carbonyl (C=O) groups is 2. The Labute approximate surface area is 162 Å². The van der Waals surface area contributed by atoms with Gasteiger partial charge in [0, 0.05) is 24.8 Å². The molecular weight excluding hydrogens is 344 g/mol. The van der Waals surface area contributed by atoms with Crippen molar-refractivity contribution in [1.29, 1.82) is 0 Å². The van der Waals surface area contributed by atoms with Crippen molar-refractivity contribution in [2.45, 2.75) is 84.0 Å². The largest absolute Gasteiger partial charge is 0.462 e. The van der Waals surface area contributed by atoms with Crippen LogP contribution < -0.4 is 0 Å². The monoisotopic (exact) mass is 376 g/mol. The maximum atomic E-state index is 12.4. The predicted molar refractivity (Wildman–Crippen MR) is 104 cm³/mol. The van der Waals surface area contributed by atoms with Crippen molar-refractivity contribution in [1.82, 2.24) is 0 Å². The van der Waals surface area contributed by atoms with Gasteiger partial charge >= 0.3 is 11.9 Å². The first-order valence-electron chi connectivity index (χ1n) is 9.70. The number of fused-ring (bicyclic) bond motifs is 2. The lowest BCUT2D eigenvalue weighted by Crippen LogP contribution is -2.49. The minimum absolute atomic E-state index is 0.309. The Morgan fingerprint density at radius 1 is 1.30 bits per heavy atom. The molecule has 1 aliphatic heterocycles. The van der Waals surface area contributed by atoms with Crippen molar-refractivity contribution in [3.8, 4) is 0 Å². The number of ether oxygens (including phenoxy) is 2. The van der Waals surface area contributed by atoms with E-state index in [0.29, 0.717) is 31.3 Å². The molecule has 1 heterocycles. The van der Waals surface area contributed by atoms with Crippen LogP contribution in [0.3, 0.4) is 0 Å². The maximum Gasteiger partial charge on any atom is 0.334 e. The van der Waals surface area contributed by atoms with E-state index in [1.807, 2.05) is 6.92 Å². The average Bonchev–Trinajstić information content (AvgIpc) is 2.55. The summed E-state index contributed by atoms with van der Waals surface area (Å²) in [4.78, 5) is 24.1. The zero-order chi connectivity index (χ0) is 20.2. The van der Waals surface area contributed by atoms with Gasteiger partial charge in [-0.05, 0) is 52.9 Å². The molecule has 5 heteroatoms. The van der Waals surface area contributed by atoms with E-state index in [9.17, 15) is 14.7 Å². The van der Waals surface area contributed by atoms with E-state index in [2.05, 4.69) is 25.7 Å². The molecule has 1 aliphatic carbocycles. The number of carbonyl (C=O) groups excluding carboxylic acids is 2. The lowest BCUT2D eigenvalue weighted by atomic mass is 9.78. The number of hydrogen-bond donors (Lipinski definition) is 1. The third-order valence-electron chi connectivity index (χ3n) is 5.58. The molecule has 1 fully saturated rings. The highest BCUT2D eigenvalue weighted by atomic mass is 16.6. The van der Waals surface area contributed by atoms with Gasteiger partial charge in [-0.3, -0.25) is 4.79 Å². The molecule has 4 atom stereocenters. The number of rotatable bonds is 1. The van der Waals surface area contributed by atoms with Crippen LogP contribution in [0.4, 0.5) is 0 Å². The molecule has 1 N–H and O–H groups in total. The van der Waals surface area contributed by atoms with Crippen LogP contribution in [0.5, 0.6) is 0 Å². The van der Waals surface area contributed by atoms with Gasteiger partial charge in [0.15, 0.2) is 0 Å². The third-order valence-corrected chi connectivity index (χ3v) is 5.58. The molecule has 0 aromatic rings. The Kier molecular flexibility index (Phi) is 7.04. The van der Waals surface area contributed by atoms with E-state index in [1.54, 1.807) is 6.92 Å². The fourth-order valence-corrected chi connectivity index (χ4v) is 3.83. The zero-order valence-electron chi connectivity index (χ0n) is 16.9. The highest BCUT2D eigenvalue weighted by Crippen LogP contribution is 2.37. The molecular formula is C22H32O5. The molecule has 0 radical (unpaired) electrons. The second-order valence-electron chi connectivity index (χ2n) is 8.15. The van der Waals surface area contributed by atoms with Crippen LogP contribution in [0, 0.1) is 5.92 Å². The zero-order valence-corrected chi connectivity index (χ0v) is 16.9. The Morgan fingerprint density at radius 3 is 2.63 bits per heavy atom. The first-order valence-corrected chi connectivity index (χ1v) is 9.70. The van der Waals surface area contributed by atoms with Gasteiger partial charge in [0.1, 0.15) is 12.2 Å². The molecule has 150 valence electrons. The first-order chi connectivity index (χ1) is 12.6. The van der Waals surface area contributed by atoms with E-state index in [4.69, 9.17) is 9.47 Å². The van der Waals surface area contributed by atoms with Gasteiger partial charge in [-0.15, -0.1) is 0 Å². The van der Waals surface area contributed by atoms with Crippen molar-refractivity contribution in [3.63, 3.8) is 0 Å². The van der Waals surface area contributed by atoms with Crippen molar-refractivity contribution in [3.05, 3.63) is 35.5 Å². The average molecular weight is 376 g/mol. The predicted octanol–water partition coefficient (Wildman–Crippen LogP) is 4.01. The van der Waals surface area contributed by atoms with Crippen molar-refractivity contribution in [2.75, 3.05) is 0 Å². The van der Waals surface area contributed by atoms with Crippen molar-refractivity contribution >= 4 is 11.9 Å². The minimum atomic E-state index is -1.15. The molecule has 2 bridgehead atoms. The summed E-state index contributed by atoms with van der Waals surface area (Å²) in [6.45, 7) is 11.1. The van der Waals surface area contributed by atoms with Crippen molar-refractivity contribution < 1.29 is 24.2 Å². The molecule has 2 aliphatic rings. The number of hydrogen-bond acceptors (Lipinski definition) is 5. The molecule has 27 heavy (non-hydrogen) atoms. The fraction of sp³-hybridized carbons (Fsp3) is 0.636. The van der Waals surface area contributed by atoms with E-state index < -0.39 is 23.8 Å². The molecule has 1 unspecified atom stereocenters. The number of allylic oxidation sites excluding steroid dienone is 3. The Morgan fingerprint density at radius 2 is 1.96 bits per heavy atom. The SMILES string of the molecule is C=C1C(=O)O[C@H]2C[C@@H]1C(OC(C)=O)CC(C)=CCCC(C)=CCC[C@]2(C)O. The van der Waals surface area contributed by atoms with E-state index in [-0.39, 0.29) is 11.9 Å². The van der Waals surface area contributed by atoms with Gasteiger partial charge in [0.2, 0.25) is 0 Å². The summed E-state index contributed by atoms with van der Waals surface area (Å²) in [6.07, 6.45) is 7.17. The Bertz CT molecular complexity index is 656. The Balaban J connectivity index is 2.38. The molecule has 0 aromatic carbocycles. The normalized spacial score (nSPS) is 33.3. The van der Waals surface area contributed by atoms with Crippen LogP contribution in [0.25, 0.3) is 0 Å². The number of esters is 2. The smallest absolute Gasteiger partial charge is 0.334 e. The number of aliphatic hydroxyl groups is 1. The summed E-state index contributed by atoms with van der Waals surface area (Å²) < 4.78 is 11.1. The van der Waals surface area contributed by atoms with Crippen LogP contribution in [-0.2, 0) is 19.1 Å². The molecule has 5 nitrogen and oxygen atoms in total. The topological polar surface area (TPSA) is 72.8 Å². The molecule has 0 amide bonds. The van der Waals surface area contributed by atoms with E-state index in [1.165, 1.54) is 12.5 Å². The van der Waals surface area contributed by atoms with Gasteiger partial charge in [0.25, 0.3) is 0 Å². The first kappa shape index (κ1) is 21.4. The van der Waals surface area contributed by atoms with E-state index in [0.717, 1.165) is 18.4 Å². The van der Waals surface area contributed by atoms with Crippen LogP contribution in [0.15, 0.2) is 35.5 Å². The highest BCUT2D eigenvalue weighted by Gasteiger charge is 2.45. The third kappa shape index (κ3) is 5.80. The second-order valence-corrected chi connectivity index (χ2v) is 8.15. The van der Waals surface area contributed by atoms with E-state index >= 15 is 0 Å².